The Morgan fingerprint density at radius 3 is 2.38 bits per heavy atom. The summed E-state index contributed by atoms with van der Waals surface area (Å²) >= 11 is 0. The van der Waals surface area contributed by atoms with Crippen molar-refractivity contribution < 1.29 is 24.2 Å². The second-order valence-corrected chi connectivity index (χ2v) is 6.76. The van der Waals surface area contributed by atoms with Gasteiger partial charge < -0.3 is 19.9 Å². The highest BCUT2D eigenvalue weighted by Crippen LogP contribution is 2.15. The summed E-state index contributed by atoms with van der Waals surface area (Å²) in [6, 6.07) is 8.72. The Morgan fingerprint density at radius 1 is 1.21 bits per heavy atom. The molecule has 0 spiro atoms. The number of hydrogen-bond acceptors (Lipinski definition) is 5. The first kappa shape index (κ1) is 20.0. The van der Waals surface area contributed by atoms with Crippen LogP contribution in [-0.4, -0.2) is 35.4 Å². The second-order valence-electron chi connectivity index (χ2n) is 6.76. The molecule has 1 aromatic carbocycles. The molecule has 0 radical (unpaired) electrons. The maximum Gasteiger partial charge on any atom is 0.407 e. The minimum atomic E-state index is -0.630. The fourth-order valence-corrected chi connectivity index (χ4v) is 2.04. The van der Waals surface area contributed by atoms with Gasteiger partial charge in [-0.15, -0.1) is 0 Å². The zero-order valence-electron chi connectivity index (χ0n) is 14.7. The second kappa shape index (κ2) is 9.27. The van der Waals surface area contributed by atoms with E-state index in [0.717, 1.165) is 5.56 Å². The third-order valence-corrected chi connectivity index (χ3v) is 3.20. The van der Waals surface area contributed by atoms with E-state index in [1.807, 2.05) is 30.3 Å². The lowest BCUT2D eigenvalue weighted by atomic mass is 10.0. The number of rotatable bonds is 7. The summed E-state index contributed by atoms with van der Waals surface area (Å²) in [6.07, 6.45) is -0.361. The van der Waals surface area contributed by atoms with Gasteiger partial charge in [-0.05, 0) is 32.8 Å². The molecule has 2 N–H and O–H groups in total. The smallest absolute Gasteiger partial charge is 0.407 e. The maximum atomic E-state index is 12.0. The lowest BCUT2D eigenvalue weighted by molar-refractivity contribution is -0.159. The van der Waals surface area contributed by atoms with Gasteiger partial charge in [0, 0.05) is 0 Å². The molecule has 134 valence electrons. The molecule has 0 aromatic heterocycles. The number of nitrogens with one attached hydrogen (secondary N) is 1. The molecule has 24 heavy (non-hydrogen) atoms. The highest BCUT2D eigenvalue weighted by atomic mass is 16.6. The van der Waals surface area contributed by atoms with Gasteiger partial charge >= 0.3 is 12.1 Å². The van der Waals surface area contributed by atoms with E-state index < -0.39 is 23.7 Å². The largest absolute Gasteiger partial charge is 0.460 e. The average molecular weight is 337 g/mol. The van der Waals surface area contributed by atoms with Gasteiger partial charge in [0.05, 0.1) is 18.6 Å². The fourth-order valence-electron chi connectivity index (χ4n) is 2.04. The van der Waals surface area contributed by atoms with E-state index >= 15 is 0 Å². The number of carbonyl (C=O) groups is 2. The van der Waals surface area contributed by atoms with Crippen molar-refractivity contribution in [2.45, 2.75) is 52.4 Å². The molecule has 2 atom stereocenters. The molecule has 6 nitrogen and oxygen atoms in total. The molecule has 0 aliphatic heterocycles. The minimum Gasteiger partial charge on any atom is -0.460 e. The quantitative estimate of drug-likeness (QED) is 0.747. The first-order chi connectivity index (χ1) is 11.2. The van der Waals surface area contributed by atoms with Crippen LogP contribution in [0.15, 0.2) is 30.3 Å². The Kier molecular flexibility index (Phi) is 7.71. The topological polar surface area (TPSA) is 84.9 Å². The Hall–Kier alpha value is -2.08. The number of carbonyl (C=O) groups excluding carboxylic acids is 2. The number of esters is 1. The zero-order chi connectivity index (χ0) is 18.2. The SMILES string of the molecule is C[C@@H](C[C@@H](CO)NC(=O)OCc1ccccc1)C(=O)OC(C)(C)C. The Labute approximate surface area is 143 Å². The van der Waals surface area contributed by atoms with Crippen molar-refractivity contribution in [3.8, 4) is 0 Å². The average Bonchev–Trinajstić information content (AvgIpc) is 2.51. The lowest BCUT2D eigenvalue weighted by Gasteiger charge is -2.24. The van der Waals surface area contributed by atoms with Crippen molar-refractivity contribution in [1.82, 2.24) is 5.32 Å². The number of ether oxygens (including phenoxy) is 2. The highest BCUT2D eigenvalue weighted by Gasteiger charge is 2.25. The molecule has 0 bridgehead atoms. The van der Waals surface area contributed by atoms with E-state index in [2.05, 4.69) is 5.32 Å². The normalized spacial score (nSPS) is 13.7. The zero-order valence-corrected chi connectivity index (χ0v) is 14.7. The molecule has 0 fully saturated rings. The Balaban J connectivity index is 2.42. The van der Waals surface area contributed by atoms with E-state index in [1.165, 1.54) is 0 Å². The van der Waals surface area contributed by atoms with Crippen molar-refractivity contribution in [2.75, 3.05) is 6.61 Å². The van der Waals surface area contributed by atoms with Crippen LogP contribution in [0.25, 0.3) is 0 Å². The number of hydrogen-bond donors (Lipinski definition) is 2. The molecule has 0 heterocycles. The third-order valence-electron chi connectivity index (χ3n) is 3.20. The van der Waals surface area contributed by atoms with E-state index in [4.69, 9.17) is 9.47 Å². The van der Waals surface area contributed by atoms with Crippen LogP contribution in [0.4, 0.5) is 4.79 Å². The summed E-state index contributed by atoms with van der Waals surface area (Å²) in [5.41, 5.74) is 0.303. The van der Waals surface area contributed by atoms with Crippen molar-refractivity contribution in [3.63, 3.8) is 0 Å². The van der Waals surface area contributed by atoms with Crippen LogP contribution in [0, 0.1) is 5.92 Å². The minimum absolute atomic E-state index is 0.145. The Morgan fingerprint density at radius 2 is 1.83 bits per heavy atom. The number of aliphatic hydroxyl groups excluding tert-OH is 1. The van der Waals surface area contributed by atoms with Crippen LogP contribution < -0.4 is 5.32 Å². The van der Waals surface area contributed by atoms with Gasteiger partial charge in [0.1, 0.15) is 12.2 Å². The van der Waals surface area contributed by atoms with E-state index in [9.17, 15) is 14.7 Å². The molecule has 0 saturated carbocycles. The van der Waals surface area contributed by atoms with Gasteiger partial charge in [0.15, 0.2) is 0 Å². The molecule has 0 aliphatic carbocycles. The predicted octanol–water partition coefficient (Wildman–Crippen LogP) is 2.64. The van der Waals surface area contributed by atoms with Gasteiger partial charge in [-0.25, -0.2) is 4.79 Å². The van der Waals surface area contributed by atoms with E-state index in [0.29, 0.717) is 0 Å². The van der Waals surface area contributed by atoms with Gasteiger partial charge in [0.25, 0.3) is 0 Å². The molecule has 0 saturated heterocycles. The van der Waals surface area contributed by atoms with Crippen molar-refractivity contribution in [1.29, 1.82) is 0 Å². The van der Waals surface area contributed by atoms with Crippen LogP contribution in [-0.2, 0) is 20.9 Å². The lowest BCUT2D eigenvalue weighted by Crippen LogP contribution is -2.40. The van der Waals surface area contributed by atoms with Crippen molar-refractivity contribution in [2.24, 2.45) is 5.92 Å². The van der Waals surface area contributed by atoms with Crippen molar-refractivity contribution >= 4 is 12.1 Å². The summed E-state index contributed by atoms with van der Waals surface area (Å²) in [5.74, 6) is -0.809. The number of alkyl carbamates (subject to hydrolysis) is 1. The Bertz CT molecular complexity index is 524. The first-order valence-electron chi connectivity index (χ1n) is 8.02. The fraction of sp³-hybridized carbons (Fsp3) is 0.556. The number of amides is 1. The van der Waals surface area contributed by atoms with Crippen molar-refractivity contribution in [3.05, 3.63) is 35.9 Å². The standard InChI is InChI=1S/C18H27NO5/c1-13(16(21)24-18(2,3)4)10-15(11-20)19-17(22)23-12-14-8-6-5-7-9-14/h5-9,13,15,20H,10-12H2,1-4H3,(H,19,22)/t13-,15-/m0/s1. The predicted molar refractivity (Wildman–Crippen MR) is 90.3 cm³/mol. The summed E-state index contributed by atoms with van der Waals surface area (Å²) in [5, 5.41) is 12.0. The summed E-state index contributed by atoms with van der Waals surface area (Å²) < 4.78 is 10.4. The molecular formula is C18H27NO5. The molecule has 0 unspecified atom stereocenters. The highest BCUT2D eigenvalue weighted by molar-refractivity contribution is 5.73. The van der Waals surface area contributed by atoms with E-state index in [-0.39, 0.29) is 25.6 Å². The molecular weight excluding hydrogens is 310 g/mol. The first-order valence-corrected chi connectivity index (χ1v) is 8.02. The summed E-state index contributed by atoms with van der Waals surface area (Å²) in [6.45, 7) is 6.94. The van der Waals surface area contributed by atoms with Crippen LogP contribution in [0.5, 0.6) is 0 Å². The van der Waals surface area contributed by atoms with Gasteiger partial charge in [-0.3, -0.25) is 4.79 Å². The van der Waals surface area contributed by atoms with Crippen LogP contribution >= 0.6 is 0 Å². The monoisotopic (exact) mass is 337 g/mol. The molecule has 1 rings (SSSR count). The van der Waals surface area contributed by atoms with Gasteiger partial charge in [0.2, 0.25) is 0 Å². The molecule has 6 heteroatoms. The molecule has 1 amide bonds. The third kappa shape index (κ3) is 7.97. The van der Waals surface area contributed by atoms with Crippen LogP contribution in [0.1, 0.15) is 39.7 Å². The van der Waals surface area contributed by atoms with E-state index in [1.54, 1.807) is 27.7 Å². The summed E-state index contributed by atoms with van der Waals surface area (Å²) in [4.78, 5) is 23.8. The number of aliphatic hydroxyl groups is 1. The van der Waals surface area contributed by atoms with Crippen LogP contribution in [0.3, 0.4) is 0 Å². The molecule has 0 aliphatic rings. The number of benzene rings is 1. The van der Waals surface area contributed by atoms with Gasteiger partial charge in [-0.2, -0.15) is 0 Å². The summed E-state index contributed by atoms with van der Waals surface area (Å²) in [7, 11) is 0. The molecule has 1 aromatic rings. The van der Waals surface area contributed by atoms with Crippen LogP contribution in [0.2, 0.25) is 0 Å². The van der Waals surface area contributed by atoms with Gasteiger partial charge in [-0.1, -0.05) is 37.3 Å². The maximum absolute atomic E-state index is 12.0.